The molecule has 1 aromatic carbocycles. The topological polar surface area (TPSA) is 29.5 Å². The Morgan fingerprint density at radius 2 is 2.00 bits per heavy atom. The van der Waals surface area contributed by atoms with Crippen LogP contribution >= 0.6 is 23.2 Å². The minimum Gasteiger partial charge on any atom is -0.339 e. The molecule has 0 fully saturated rings. The van der Waals surface area contributed by atoms with E-state index in [0.717, 1.165) is 23.7 Å². The average molecular weight is 268 g/mol. The van der Waals surface area contributed by atoms with E-state index in [1.54, 1.807) is 12.3 Å². The molecule has 4 heteroatoms. The molecule has 1 heterocycles. The van der Waals surface area contributed by atoms with Crippen molar-refractivity contribution in [3.8, 4) is 0 Å². The van der Waals surface area contributed by atoms with Crippen LogP contribution in [0.3, 0.4) is 0 Å². The van der Waals surface area contributed by atoms with Crippen molar-refractivity contribution in [3.63, 3.8) is 0 Å². The highest BCUT2D eigenvalue weighted by molar-refractivity contribution is 6.35. The van der Waals surface area contributed by atoms with Crippen LogP contribution in [0.25, 0.3) is 0 Å². The van der Waals surface area contributed by atoms with Gasteiger partial charge in [0.25, 0.3) is 0 Å². The molecular weight excluding hydrogens is 255 g/mol. The summed E-state index contributed by atoms with van der Waals surface area (Å²) in [6.07, 6.45) is 3.65. The van der Waals surface area contributed by atoms with Crippen molar-refractivity contribution in [2.24, 2.45) is 0 Å². The van der Waals surface area contributed by atoms with Crippen LogP contribution in [0, 0.1) is 0 Å². The number of quaternary nitrogens is 1. The number of hydrogen-bond donors (Lipinski definition) is 1. The minimum absolute atomic E-state index is 0.672. The summed E-state index contributed by atoms with van der Waals surface area (Å²) >= 11 is 11.9. The lowest BCUT2D eigenvalue weighted by Gasteiger charge is -2.04. The Labute approximate surface area is 111 Å². The van der Waals surface area contributed by atoms with Crippen LogP contribution in [0.1, 0.15) is 11.1 Å². The number of halogens is 2. The summed E-state index contributed by atoms with van der Waals surface area (Å²) in [6.45, 7) is 1.73. The number of hydrogen-bond acceptors (Lipinski definition) is 1. The minimum atomic E-state index is 0.672. The second-order valence-corrected chi connectivity index (χ2v) is 4.64. The molecule has 1 aromatic heterocycles. The number of pyridine rings is 1. The molecule has 2 aromatic rings. The average Bonchev–Trinajstić information content (AvgIpc) is 2.33. The second kappa shape index (κ2) is 6.01. The van der Waals surface area contributed by atoms with Gasteiger partial charge in [-0.2, -0.15) is 0 Å². The molecule has 0 unspecified atom stereocenters. The third kappa shape index (κ3) is 3.70. The summed E-state index contributed by atoms with van der Waals surface area (Å²) in [5, 5.41) is 3.58. The molecule has 88 valence electrons. The summed E-state index contributed by atoms with van der Waals surface area (Å²) in [5.41, 5.74) is 2.30. The first-order valence-electron chi connectivity index (χ1n) is 5.40. The van der Waals surface area contributed by atoms with Gasteiger partial charge in [0.05, 0.1) is 5.02 Å². The van der Waals surface area contributed by atoms with Gasteiger partial charge in [0.1, 0.15) is 13.1 Å². The highest BCUT2D eigenvalue weighted by Gasteiger charge is 2.03. The van der Waals surface area contributed by atoms with Crippen LogP contribution in [-0.4, -0.2) is 4.98 Å². The molecule has 0 amide bonds. The Morgan fingerprint density at radius 3 is 2.71 bits per heavy atom. The lowest BCUT2D eigenvalue weighted by Crippen LogP contribution is -2.80. The normalized spacial score (nSPS) is 10.5. The van der Waals surface area contributed by atoms with Crippen LogP contribution < -0.4 is 5.32 Å². The number of aromatic nitrogens is 1. The highest BCUT2D eigenvalue weighted by atomic mass is 35.5. The van der Waals surface area contributed by atoms with E-state index < -0.39 is 0 Å². The molecule has 0 atom stereocenters. The number of benzene rings is 1. The monoisotopic (exact) mass is 267 g/mol. The zero-order chi connectivity index (χ0) is 12.1. The first-order valence-corrected chi connectivity index (χ1v) is 6.16. The van der Waals surface area contributed by atoms with E-state index in [0.29, 0.717) is 5.02 Å². The second-order valence-electron chi connectivity index (χ2n) is 3.79. The highest BCUT2D eigenvalue weighted by Crippen LogP contribution is 2.19. The largest absolute Gasteiger partial charge is 0.339 e. The molecule has 0 radical (unpaired) electrons. The van der Waals surface area contributed by atoms with Gasteiger partial charge in [-0.15, -0.1) is 0 Å². The molecular formula is C13H13Cl2N2+. The fraction of sp³-hybridized carbons (Fsp3) is 0.154. The Bertz CT molecular complexity index is 486. The molecule has 0 aliphatic heterocycles. The summed E-state index contributed by atoms with van der Waals surface area (Å²) in [6, 6.07) is 9.60. The lowest BCUT2D eigenvalue weighted by atomic mass is 10.2. The van der Waals surface area contributed by atoms with Crippen LogP contribution in [0.5, 0.6) is 0 Å². The SMILES string of the molecule is Clc1ccc(C[NH2+]Cc2cccnc2)c(Cl)c1. The Hall–Kier alpha value is -1.09. The van der Waals surface area contributed by atoms with E-state index >= 15 is 0 Å². The zero-order valence-corrected chi connectivity index (χ0v) is 10.7. The first kappa shape index (κ1) is 12.4. The van der Waals surface area contributed by atoms with Gasteiger partial charge < -0.3 is 5.32 Å². The van der Waals surface area contributed by atoms with E-state index in [9.17, 15) is 0 Å². The molecule has 0 aliphatic carbocycles. The van der Waals surface area contributed by atoms with Gasteiger partial charge in [-0.1, -0.05) is 35.3 Å². The van der Waals surface area contributed by atoms with Gasteiger partial charge in [-0.25, -0.2) is 0 Å². The van der Waals surface area contributed by atoms with Crippen molar-refractivity contribution < 1.29 is 5.32 Å². The van der Waals surface area contributed by atoms with Gasteiger partial charge in [0.15, 0.2) is 0 Å². The fourth-order valence-electron chi connectivity index (χ4n) is 1.60. The Morgan fingerprint density at radius 1 is 1.12 bits per heavy atom. The van der Waals surface area contributed by atoms with Gasteiger partial charge in [0, 0.05) is 28.5 Å². The molecule has 0 bridgehead atoms. The maximum atomic E-state index is 6.09. The van der Waals surface area contributed by atoms with E-state index in [1.807, 2.05) is 24.4 Å². The van der Waals surface area contributed by atoms with Crippen molar-refractivity contribution in [3.05, 3.63) is 63.9 Å². The van der Waals surface area contributed by atoms with Gasteiger partial charge >= 0.3 is 0 Å². The Kier molecular flexibility index (Phi) is 4.37. The van der Waals surface area contributed by atoms with Crippen LogP contribution in [0.15, 0.2) is 42.7 Å². The molecule has 17 heavy (non-hydrogen) atoms. The van der Waals surface area contributed by atoms with Gasteiger partial charge in [0.2, 0.25) is 0 Å². The van der Waals surface area contributed by atoms with Gasteiger partial charge in [-0.3, -0.25) is 4.98 Å². The van der Waals surface area contributed by atoms with Crippen molar-refractivity contribution >= 4 is 23.2 Å². The van der Waals surface area contributed by atoms with Crippen LogP contribution in [-0.2, 0) is 13.1 Å². The molecule has 0 aliphatic rings. The molecule has 2 N–H and O–H groups in total. The number of nitrogens with two attached hydrogens (primary N) is 1. The standard InChI is InChI=1S/C13H12Cl2N2/c14-12-4-3-11(13(15)6-12)9-17-8-10-2-1-5-16-7-10/h1-7,17H,8-9H2/p+1. The van der Waals surface area contributed by atoms with E-state index in [1.165, 1.54) is 5.56 Å². The Balaban J connectivity index is 1.90. The first-order chi connectivity index (χ1) is 8.25. The lowest BCUT2D eigenvalue weighted by molar-refractivity contribution is -0.686. The van der Waals surface area contributed by atoms with Gasteiger partial charge in [-0.05, 0) is 18.2 Å². The summed E-state index contributed by atoms with van der Waals surface area (Å²) in [4.78, 5) is 4.08. The number of rotatable bonds is 4. The fourth-order valence-corrected chi connectivity index (χ4v) is 2.09. The maximum Gasteiger partial charge on any atom is 0.103 e. The van der Waals surface area contributed by atoms with Crippen molar-refractivity contribution in [1.29, 1.82) is 0 Å². The van der Waals surface area contributed by atoms with Crippen molar-refractivity contribution in [2.45, 2.75) is 13.1 Å². The predicted molar refractivity (Wildman–Crippen MR) is 70.0 cm³/mol. The molecule has 0 spiro atoms. The van der Waals surface area contributed by atoms with Crippen molar-refractivity contribution in [2.75, 3.05) is 0 Å². The quantitative estimate of drug-likeness (QED) is 0.907. The van der Waals surface area contributed by atoms with E-state index in [4.69, 9.17) is 23.2 Å². The van der Waals surface area contributed by atoms with E-state index in [2.05, 4.69) is 16.4 Å². The van der Waals surface area contributed by atoms with E-state index in [-0.39, 0.29) is 0 Å². The predicted octanol–water partition coefficient (Wildman–Crippen LogP) is 2.65. The summed E-state index contributed by atoms with van der Waals surface area (Å²) in [7, 11) is 0. The smallest absolute Gasteiger partial charge is 0.103 e. The summed E-state index contributed by atoms with van der Waals surface area (Å²) in [5.74, 6) is 0. The van der Waals surface area contributed by atoms with Crippen LogP contribution in [0.2, 0.25) is 10.0 Å². The molecule has 2 nitrogen and oxygen atoms in total. The molecule has 2 rings (SSSR count). The number of nitrogens with zero attached hydrogens (tertiary/aromatic N) is 1. The molecule has 0 saturated heterocycles. The molecule has 0 saturated carbocycles. The van der Waals surface area contributed by atoms with Crippen LogP contribution in [0.4, 0.5) is 0 Å². The maximum absolute atomic E-state index is 6.09. The summed E-state index contributed by atoms with van der Waals surface area (Å²) < 4.78 is 0. The third-order valence-electron chi connectivity index (χ3n) is 2.48. The third-order valence-corrected chi connectivity index (χ3v) is 3.07. The zero-order valence-electron chi connectivity index (χ0n) is 9.24. The van der Waals surface area contributed by atoms with Crippen molar-refractivity contribution in [1.82, 2.24) is 4.98 Å².